The molecule has 8 nitrogen and oxygen atoms in total. The van der Waals surface area contributed by atoms with Crippen LogP contribution in [0.4, 0.5) is 11.4 Å². The highest BCUT2D eigenvalue weighted by Crippen LogP contribution is 2.21. The van der Waals surface area contributed by atoms with Crippen LogP contribution in [0.25, 0.3) is 18.2 Å². The van der Waals surface area contributed by atoms with E-state index in [9.17, 15) is 9.59 Å². The molecule has 0 fully saturated rings. The van der Waals surface area contributed by atoms with Crippen molar-refractivity contribution in [2.24, 2.45) is 0 Å². The minimum atomic E-state index is 0.0266. The summed E-state index contributed by atoms with van der Waals surface area (Å²) >= 11 is 0. The highest BCUT2D eigenvalue weighted by atomic mass is 33.1. The van der Waals surface area contributed by atoms with Gasteiger partial charge in [-0.15, -0.1) is 0 Å². The number of amides is 2. The molecular weight excluding hydrogens is 661 g/mol. The van der Waals surface area contributed by atoms with E-state index in [2.05, 4.69) is 82.1 Å². The van der Waals surface area contributed by atoms with Crippen molar-refractivity contribution in [1.29, 1.82) is 0 Å². The average Bonchev–Trinajstić information content (AvgIpc) is 3.12. The summed E-state index contributed by atoms with van der Waals surface area (Å²) in [7, 11) is 15.2. The molecule has 0 spiro atoms. The lowest BCUT2D eigenvalue weighted by Crippen LogP contribution is -2.72. The van der Waals surface area contributed by atoms with Gasteiger partial charge in [-0.2, -0.15) is 4.57 Å². The maximum atomic E-state index is 12.8. The maximum Gasteiger partial charge on any atom is 0.288 e. The van der Waals surface area contributed by atoms with E-state index >= 15 is 0 Å². The van der Waals surface area contributed by atoms with Crippen molar-refractivity contribution in [2.45, 2.75) is 6.54 Å². The second kappa shape index (κ2) is 21.5. The van der Waals surface area contributed by atoms with Crippen molar-refractivity contribution >= 4 is 69.2 Å². The van der Waals surface area contributed by atoms with Crippen molar-refractivity contribution in [2.75, 3.05) is 83.2 Å². The molecule has 1 N–H and O–H groups in total. The molecule has 0 aliphatic rings. The molecule has 0 unspecified atom stereocenters. The Kier molecular flexibility index (Phi) is 17.2. The van der Waals surface area contributed by atoms with Gasteiger partial charge in [0.15, 0.2) is 18.6 Å². The van der Waals surface area contributed by atoms with Crippen molar-refractivity contribution in [3.05, 3.63) is 120 Å². The fourth-order valence-corrected chi connectivity index (χ4v) is 6.54. The summed E-state index contributed by atoms with van der Waals surface area (Å²) in [5.74, 6) is 1.73. The van der Waals surface area contributed by atoms with Gasteiger partial charge < -0.3 is 19.6 Å². The number of rotatable bonds is 19. The van der Waals surface area contributed by atoms with Crippen LogP contribution in [-0.4, -0.2) is 101 Å². The monoisotopic (exact) mass is 712 g/mol. The number of nitrogens with zero attached hydrogens (tertiary/aromatic N) is 5. The molecule has 1 heterocycles. The third-order valence-corrected chi connectivity index (χ3v) is 10.2. The highest BCUT2D eigenvalue weighted by Gasteiger charge is 2.14. The molecule has 2 amide bonds. The van der Waals surface area contributed by atoms with Crippen LogP contribution >= 0.6 is 21.6 Å². The van der Waals surface area contributed by atoms with Crippen LogP contribution < -0.4 is 19.4 Å². The van der Waals surface area contributed by atoms with Gasteiger partial charge in [0, 0.05) is 96.5 Å². The predicted molar refractivity (Wildman–Crippen MR) is 217 cm³/mol. The molecular formula is C40H52N6O2S2+2. The van der Waals surface area contributed by atoms with Crippen molar-refractivity contribution in [3.63, 3.8) is 0 Å². The standard InChI is InChI=1S/C40H51N6O2S2/c1-8-33(9-10-34-13-17-37(18-14-34)42(2)3)21-24-41-31-39(47)44(6)27-29-49-50-30-28-45(7)40(48)32-46-25-22-36(23-26-46)12-11-35-15-19-38(20-16-35)43(4)5/h8-26H,1,27-32H2,2-7H3/q+1/p+1/b10-9+,33-21+,41-24?. The Balaban J connectivity index is 1.29. The largest absolute Gasteiger partial charge is 0.378 e. The van der Waals surface area contributed by atoms with E-state index < -0.39 is 0 Å². The molecule has 10 heteroatoms. The first kappa shape index (κ1) is 39.9. The lowest BCUT2D eigenvalue weighted by molar-refractivity contribution is -0.685. The normalized spacial score (nSPS) is 11.8. The molecule has 1 aromatic heterocycles. The van der Waals surface area contributed by atoms with Crippen LogP contribution in [-0.2, 0) is 16.1 Å². The Labute approximate surface area is 307 Å². The summed E-state index contributed by atoms with van der Waals surface area (Å²) in [5, 5.41) is 0. The van der Waals surface area contributed by atoms with Gasteiger partial charge >= 0.3 is 0 Å². The summed E-state index contributed by atoms with van der Waals surface area (Å²) in [6, 6.07) is 20.8. The van der Waals surface area contributed by atoms with Crippen LogP contribution in [0.3, 0.4) is 0 Å². The van der Waals surface area contributed by atoms with Gasteiger partial charge in [0.2, 0.25) is 13.1 Å². The third kappa shape index (κ3) is 14.5. The first-order valence-electron chi connectivity index (χ1n) is 16.6. The minimum absolute atomic E-state index is 0.0266. The van der Waals surface area contributed by atoms with Gasteiger partial charge in [-0.3, -0.25) is 9.59 Å². The van der Waals surface area contributed by atoms with Gasteiger partial charge in [0.25, 0.3) is 11.8 Å². The number of pyridine rings is 1. The molecule has 0 aliphatic carbocycles. The summed E-state index contributed by atoms with van der Waals surface area (Å²) < 4.78 is 1.90. The Morgan fingerprint density at radius 2 is 1.18 bits per heavy atom. The molecule has 0 bridgehead atoms. The number of anilines is 2. The summed E-state index contributed by atoms with van der Waals surface area (Å²) in [5.41, 5.74) is 6.59. The highest BCUT2D eigenvalue weighted by molar-refractivity contribution is 8.76. The van der Waals surface area contributed by atoms with Crippen LogP contribution in [0.2, 0.25) is 0 Å². The predicted octanol–water partition coefficient (Wildman–Crippen LogP) is 4.55. The second-order valence-electron chi connectivity index (χ2n) is 12.1. The number of nitrogens with one attached hydrogen (secondary N) is 1. The Morgan fingerprint density at radius 3 is 1.68 bits per heavy atom. The molecule has 3 aromatic rings. The van der Waals surface area contributed by atoms with Gasteiger partial charge in [-0.25, -0.2) is 4.99 Å². The van der Waals surface area contributed by atoms with Crippen molar-refractivity contribution in [1.82, 2.24) is 9.80 Å². The lowest BCUT2D eigenvalue weighted by atomic mass is 10.1. The van der Waals surface area contributed by atoms with Crippen molar-refractivity contribution in [3.8, 4) is 0 Å². The fraction of sp³-hybridized carbons (Fsp3) is 0.300. The number of benzene rings is 2. The molecule has 0 atom stereocenters. The number of carbonyl (C=O) groups excluding carboxylic acids is 2. The molecule has 3 rings (SSSR count). The van der Waals surface area contributed by atoms with Gasteiger partial charge in [0.05, 0.1) is 0 Å². The minimum Gasteiger partial charge on any atom is -0.378 e. The zero-order valence-corrected chi connectivity index (χ0v) is 31.9. The zero-order valence-electron chi connectivity index (χ0n) is 30.3. The van der Waals surface area contributed by atoms with E-state index in [1.54, 1.807) is 43.7 Å². The van der Waals surface area contributed by atoms with Gasteiger partial charge in [-0.1, -0.05) is 82.8 Å². The van der Waals surface area contributed by atoms with E-state index in [0.29, 0.717) is 19.6 Å². The zero-order chi connectivity index (χ0) is 36.3. The van der Waals surface area contributed by atoms with Crippen LogP contribution in [0, 0.1) is 0 Å². The van der Waals surface area contributed by atoms with Crippen LogP contribution in [0.15, 0.2) is 103 Å². The molecule has 50 heavy (non-hydrogen) atoms. The number of hydrogen-bond donors (Lipinski definition) is 1. The molecule has 2 aromatic carbocycles. The van der Waals surface area contributed by atoms with Gasteiger partial charge in [-0.05, 0) is 46.5 Å². The Hall–Kier alpha value is -4.54. The first-order valence-corrected chi connectivity index (χ1v) is 19.1. The van der Waals surface area contributed by atoms with E-state index in [4.69, 9.17) is 0 Å². The average molecular weight is 713 g/mol. The van der Waals surface area contributed by atoms with Crippen molar-refractivity contribution < 1.29 is 19.1 Å². The SMILES string of the molecule is C=CC(/C=C/c1ccc(N(C)C)cc1)=C\C=[NH+]CC(=O)N(C)CCSSCCN(C)C(=O)C[n+]1ccc(/C=C/c2ccc(N(C)C)cc2)cc1. The number of likely N-dealkylation sites (N-methyl/N-ethyl adjacent to an activating group) is 2. The van der Waals surface area contributed by atoms with E-state index in [1.807, 2.05) is 89.6 Å². The molecule has 0 saturated heterocycles. The molecule has 0 saturated carbocycles. The number of aromatic nitrogens is 1. The number of hydrogen-bond acceptors (Lipinski definition) is 6. The van der Waals surface area contributed by atoms with E-state index in [-0.39, 0.29) is 18.4 Å². The molecule has 0 radical (unpaired) electrons. The summed E-state index contributed by atoms with van der Waals surface area (Å²) in [6.07, 6.45) is 17.5. The Morgan fingerprint density at radius 1 is 0.700 bits per heavy atom. The first-order chi connectivity index (χ1) is 24.0. The summed E-state index contributed by atoms with van der Waals surface area (Å²) in [4.78, 5) is 36.0. The van der Waals surface area contributed by atoms with Crippen LogP contribution in [0.5, 0.6) is 0 Å². The fourth-order valence-electron chi connectivity index (χ4n) is 4.46. The molecule has 0 aliphatic heterocycles. The Bertz CT molecular complexity index is 1630. The quantitative estimate of drug-likeness (QED) is 0.0648. The molecule has 264 valence electrons. The second-order valence-corrected chi connectivity index (χ2v) is 14.8. The number of carbonyl (C=O) groups is 2. The lowest BCUT2D eigenvalue weighted by Gasteiger charge is -2.16. The van der Waals surface area contributed by atoms with Crippen LogP contribution in [0.1, 0.15) is 16.7 Å². The number of allylic oxidation sites excluding steroid dienone is 4. The third-order valence-electron chi connectivity index (χ3n) is 7.83. The maximum absolute atomic E-state index is 12.8. The summed E-state index contributed by atoms with van der Waals surface area (Å²) in [6.45, 7) is 5.73. The van der Waals surface area contributed by atoms with E-state index in [0.717, 1.165) is 39.5 Å². The van der Waals surface area contributed by atoms with Gasteiger partial charge in [0.1, 0.15) is 0 Å². The topological polar surface area (TPSA) is 65.0 Å². The smallest absolute Gasteiger partial charge is 0.288 e. The van der Waals surface area contributed by atoms with E-state index in [1.165, 1.54) is 5.69 Å².